The van der Waals surface area contributed by atoms with Gasteiger partial charge in [0.2, 0.25) is 11.7 Å². The van der Waals surface area contributed by atoms with Crippen molar-refractivity contribution in [1.29, 1.82) is 0 Å². The summed E-state index contributed by atoms with van der Waals surface area (Å²) < 4.78 is 16.0. The Morgan fingerprint density at radius 2 is 2.17 bits per heavy atom. The van der Waals surface area contributed by atoms with Crippen molar-refractivity contribution in [2.45, 2.75) is 38.2 Å². The summed E-state index contributed by atoms with van der Waals surface area (Å²) in [6, 6.07) is 0. The van der Waals surface area contributed by atoms with E-state index in [-0.39, 0.29) is 12.2 Å². The number of ether oxygens (including phenoxy) is 2. The average molecular weight is 254 g/mol. The molecule has 100 valence electrons. The third-order valence-electron chi connectivity index (χ3n) is 3.31. The smallest absolute Gasteiger partial charge is 0.234 e. The number of nitrogens with zero attached hydrogens (tertiary/aromatic N) is 2. The Kier molecular flexibility index (Phi) is 4.08. The summed E-state index contributed by atoms with van der Waals surface area (Å²) in [4.78, 5) is 15.6. The SMILES string of the molecule is CCC(=O)Cc1nc(C2(OC)CCOCC2)no1. The summed E-state index contributed by atoms with van der Waals surface area (Å²) in [6.45, 7) is 3.05. The first-order valence-electron chi connectivity index (χ1n) is 6.18. The molecule has 1 aromatic heterocycles. The van der Waals surface area contributed by atoms with Gasteiger partial charge in [0.05, 0.1) is 6.42 Å². The molecule has 1 fully saturated rings. The first kappa shape index (κ1) is 13.2. The van der Waals surface area contributed by atoms with E-state index in [1.165, 1.54) is 0 Å². The molecular weight excluding hydrogens is 236 g/mol. The minimum atomic E-state index is -0.532. The molecule has 18 heavy (non-hydrogen) atoms. The van der Waals surface area contributed by atoms with Crippen LogP contribution < -0.4 is 0 Å². The third-order valence-corrected chi connectivity index (χ3v) is 3.31. The predicted molar refractivity (Wildman–Crippen MR) is 62.0 cm³/mol. The molecule has 2 rings (SSSR count). The van der Waals surface area contributed by atoms with Crippen molar-refractivity contribution in [1.82, 2.24) is 10.1 Å². The number of hydrogen-bond donors (Lipinski definition) is 0. The van der Waals surface area contributed by atoms with Gasteiger partial charge in [-0.3, -0.25) is 4.79 Å². The maximum absolute atomic E-state index is 11.3. The van der Waals surface area contributed by atoms with Crippen molar-refractivity contribution in [3.63, 3.8) is 0 Å². The van der Waals surface area contributed by atoms with E-state index >= 15 is 0 Å². The van der Waals surface area contributed by atoms with Crippen LogP contribution in [0, 0.1) is 0 Å². The first-order valence-corrected chi connectivity index (χ1v) is 6.18. The van der Waals surface area contributed by atoms with Gasteiger partial charge in [-0.15, -0.1) is 0 Å². The number of rotatable bonds is 5. The zero-order valence-electron chi connectivity index (χ0n) is 10.8. The van der Waals surface area contributed by atoms with E-state index in [9.17, 15) is 4.79 Å². The molecule has 0 spiro atoms. The predicted octanol–water partition coefficient (Wildman–Crippen LogP) is 1.24. The first-order chi connectivity index (χ1) is 8.70. The summed E-state index contributed by atoms with van der Waals surface area (Å²) in [7, 11) is 1.64. The quantitative estimate of drug-likeness (QED) is 0.787. The lowest BCUT2D eigenvalue weighted by Crippen LogP contribution is -2.36. The monoisotopic (exact) mass is 254 g/mol. The van der Waals surface area contributed by atoms with Gasteiger partial charge in [-0.2, -0.15) is 4.98 Å². The lowest BCUT2D eigenvalue weighted by molar-refractivity contribution is -0.118. The zero-order chi connectivity index (χ0) is 13.0. The Hall–Kier alpha value is -1.27. The molecule has 6 nitrogen and oxygen atoms in total. The maximum Gasteiger partial charge on any atom is 0.234 e. The van der Waals surface area contributed by atoms with Crippen LogP contribution in [0.2, 0.25) is 0 Å². The Balaban J connectivity index is 2.14. The van der Waals surface area contributed by atoms with Gasteiger partial charge >= 0.3 is 0 Å². The summed E-state index contributed by atoms with van der Waals surface area (Å²) in [5, 5.41) is 3.95. The van der Waals surface area contributed by atoms with Gasteiger partial charge in [-0.1, -0.05) is 12.1 Å². The third kappa shape index (κ3) is 2.59. The second-order valence-electron chi connectivity index (χ2n) is 4.39. The van der Waals surface area contributed by atoms with Crippen LogP contribution in [-0.2, 0) is 26.3 Å². The van der Waals surface area contributed by atoms with E-state index in [0.29, 0.717) is 44.2 Å². The minimum Gasteiger partial charge on any atom is -0.381 e. The molecule has 0 unspecified atom stereocenters. The standard InChI is InChI=1S/C12H18N2O4/c1-3-9(15)8-10-13-11(14-18-10)12(16-2)4-6-17-7-5-12/h3-8H2,1-2H3. The van der Waals surface area contributed by atoms with Crippen LogP contribution in [0.3, 0.4) is 0 Å². The number of carbonyl (C=O) groups is 1. The molecule has 0 aromatic carbocycles. The molecular formula is C12H18N2O4. The number of Topliss-reactive ketones (excluding diaryl/α,β-unsaturated/α-hetero) is 1. The highest BCUT2D eigenvalue weighted by molar-refractivity contribution is 5.79. The lowest BCUT2D eigenvalue weighted by Gasteiger charge is -2.32. The van der Waals surface area contributed by atoms with Crippen LogP contribution in [0.4, 0.5) is 0 Å². The van der Waals surface area contributed by atoms with Crippen molar-refractivity contribution in [2.75, 3.05) is 20.3 Å². The maximum atomic E-state index is 11.3. The molecule has 0 saturated carbocycles. The number of hydrogen-bond acceptors (Lipinski definition) is 6. The van der Waals surface area contributed by atoms with Crippen LogP contribution in [-0.4, -0.2) is 36.2 Å². The highest BCUT2D eigenvalue weighted by Crippen LogP contribution is 2.33. The summed E-state index contributed by atoms with van der Waals surface area (Å²) in [5.41, 5.74) is -0.532. The van der Waals surface area contributed by atoms with Gasteiger partial charge < -0.3 is 14.0 Å². The number of ketones is 1. The number of carbonyl (C=O) groups excluding carboxylic acids is 1. The van der Waals surface area contributed by atoms with Gasteiger partial charge in [0.1, 0.15) is 11.4 Å². The fraction of sp³-hybridized carbons (Fsp3) is 0.750. The van der Waals surface area contributed by atoms with Crippen molar-refractivity contribution in [3.05, 3.63) is 11.7 Å². The van der Waals surface area contributed by atoms with E-state index in [4.69, 9.17) is 14.0 Å². The Labute approximate surface area is 106 Å². The van der Waals surface area contributed by atoms with Crippen LogP contribution in [0.1, 0.15) is 37.9 Å². The van der Waals surface area contributed by atoms with Gasteiger partial charge in [0, 0.05) is 39.6 Å². The van der Waals surface area contributed by atoms with Gasteiger partial charge in [-0.25, -0.2) is 0 Å². The molecule has 1 aliphatic heterocycles. The molecule has 0 atom stereocenters. The lowest BCUT2D eigenvalue weighted by atomic mass is 9.93. The summed E-state index contributed by atoms with van der Waals surface area (Å²) >= 11 is 0. The highest BCUT2D eigenvalue weighted by Gasteiger charge is 2.39. The summed E-state index contributed by atoms with van der Waals surface area (Å²) in [5.74, 6) is 0.968. The molecule has 1 saturated heterocycles. The van der Waals surface area contributed by atoms with E-state index in [2.05, 4.69) is 10.1 Å². The molecule has 0 N–H and O–H groups in total. The molecule has 1 aromatic rings. The Morgan fingerprint density at radius 1 is 1.44 bits per heavy atom. The van der Waals surface area contributed by atoms with E-state index < -0.39 is 5.60 Å². The van der Waals surface area contributed by atoms with E-state index in [1.54, 1.807) is 7.11 Å². The molecule has 0 amide bonds. The molecule has 0 radical (unpaired) electrons. The van der Waals surface area contributed by atoms with Crippen molar-refractivity contribution >= 4 is 5.78 Å². The molecule has 1 aliphatic rings. The number of aromatic nitrogens is 2. The second kappa shape index (κ2) is 5.58. The zero-order valence-corrected chi connectivity index (χ0v) is 10.8. The van der Waals surface area contributed by atoms with Crippen LogP contribution in [0.25, 0.3) is 0 Å². The molecule has 2 heterocycles. The normalized spacial score (nSPS) is 18.8. The van der Waals surface area contributed by atoms with Crippen LogP contribution >= 0.6 is 0 Å². The Bertz CT molecular complexity index is 410. The fourth-order valence-corrected chi connectivity index (χ4v) is 2.03. The van der Waals surface area contributed by atoms with Crippen molar-refractivity contribution in [3.8, 4) is 0 Å². The topological polar surface area (TPSA) is 74.5 Å². The van der Waals surface area contributed by atoms with Gasteiger partial charge in [-0.05, 0) is 0 Å². The minimum absolute atomic E-state index is 0.0867. The van der Waals surface area contributed by atoms with E-state index in [0.717, 1.165) is 0 Å². The van der Waals surface area contributed by atoms with Crippen molar-refractivity contribution < 1.29 is 18.8 Å². The summed E-state index contributed by atoms with van der Waals surface area (Å²) in [6.07, 6.45) is 2.06. The largest absolute Gasteiger partial charge is 0.381 e. The van der Waals surface area contributed by atoms with Crippen molar-refractivity contribution in [2.24, 2.45) is 0 Å². The van der Waals surface area contributed by atoms with Gasteiger partial charge in [0.25, 0.3) is 0 Å². The van der Waals surface area contributed by atoms with E-state index in [1.807, 2.05) is 6.92 Å². The molecule has 0 aliphatic carbocycles. The molecule has 6 heteroatoms. The second-order valence-corrected chi connectivity index (χ2v) is 4.39. The van der Waals surface area contributed by atoms with Gasteiger partial charge in [0.15, 0.2) is 0 Å². The number of methoxy groups -OCH3 is 1. The highest BCUT2D eigenvalue weighted by atomic mass is 16.5. The fourth-order valence-electron chi connectivity index (χ4n) is 2.03. The molecule has 0 bridgehead atoms. The van der Waals surface area contributed by atoms with Crippen LogP contribution in [0.15, 0.2) is 4.52 Å². The average Bonchev–Trinajstić information content (AvgIpc) is 2.88. The Morgan fingerprint density at radius 3 is 2.78 bits per heavy atom. The van der Waals surface area contributed by atoms with Crippen LogP contribution in [0.5, 0.6) is 0 Å².